The summed E-state index contributed by atoms with van der Waals surface area (Å²) < 4.78 is 26.3. The van der Waals surface area contributed by atoms with Crippen LogP contribution in [0.4, 0.5) is 13.6 Å². The van der Waals surface area contributed by atoms with Gasteiger partial charge in [0.15, 0.2) is 0 Å². The van der Waals surface area contributed by atoms with E-state index in [0.29, 0.717) is 19.5 Å². The maximum atomic E-state index is 13.1. The third kappa shape index (κ3) is 2.03. The predicted octanol–water partition coefficient (Wildman–Crippen LogP) is 0.749. The molecule has 1 unspecified atom stereocenters. The Labute approximate surface area is 113 Å². The zero-order chi connectivity index (χ0) is 14.3. The second kappa shape index (κ2) is 4.52. The highest BCUT2D eigenvalue weighted by molar-refractivity contribution is 6.07. The number of hydrogen-bond acceptors (Lipinski definition) is 3. The molecule has 3 rings (SSSR count). The molecule has 5 nitrogen and oxygen atoms in total. The molecule has 2 N–H and O–H groups in total. The van der Waals surface area contributed by atoms with E-state index < -0.39 is 23.2 Å². The van der Waals surface area contributed by atoms with E-state index in [4.69, 9.17) is 0 Å². The van der Waals surface area contributed by atoms with Crippen LogP contribution in [0.3, 0.4) is 0 Å². The molecule has 106 valence electrons. The fourth-order valence-electron chi connectivity index (χ4n) is 2.69. The number of hydrogen-bond donors (Lipinski definition) is 2. The molecule has 0 saturated carbocycles. The summed E-state index contributed by atoms with van der Waals surface area (Å²) >= 11 is 0. The SMILES string of the molecule is O=C1NC2(CCNC2)C(=O)N1Cc1cc(F)cc(F)c1. The van der Waals surface area contributed by atoms with E-state index in [-0.39, 0.29) is 18.0 Å². The number of imide groups is 1. The average Bonchev–Trinajstić information content (AvgIpc) is 2.90. The van der Waals surface area contributed by atoms with Crippen LogP contribution < -0.4 is 10.6 Å². The molecule has 7 heteroatoms. The van der Waals surface area contributed by atoms with Crippen molar-refractivity contribution in [3.8, 4) is 0 Å². The monoisotopic (exact) mass is 281 g/mol. The molecule has 2 aliphatic heterocycles. The van der Waals surface area contributed by atoms with Crippen molar-refractivity contribution in [2.45, 2.75) is 18.5 Å². The van der Waals surface area contributed by atoms with Gasteiger partial charge in [-0.15, -0.1) is 0 Å². The highest BCUT2D eigenvalue weighted by Gasteiger charge is 2.52. The normalized spacial score (nSPS) is 25.6. The molecule has 0 aliphatic carbocycles. The molecule has 20 heavy (non-hydrogen) atoms. The Morgan fingerprint density at radius 2 is 1.90 bits per heavy atom. The minimum absolute atomic E-state index is 0.138. The summed E-state index contributed by atoms with van der Waals surface area (Å²) in [6, 6.07) is 2.45. The average molecular weight is 281 g/mol. The molecule has 2 fully saturated rings. The fourth-order valence-corrected chi connectivity index (χ4v) is 2.69. The largest absolute Gasteiger partial charge is 0.325 e. The number of halogens is 2. The first kappa shape index (κ1) is 13.0. The standard InChI is InChI=1S/C13H13F2N3O2/c14-9-3-8(4-10(15)5-9)6-18-11(19)13(17-12(18)20)1-2-16-7-13/h3-5,16H,1-2,6-7H2,(H,17,20). The van der Waals surface area contributed by atoms with Gasteiger partial charge in [-0.2, -0.15) is 0 Å². The van der Waals surface area contributed by atoms with Crippen molar-refractivity contribution in [1.29, 1.82) is 0 Å². The second-order valence-electron chi connectivity index (χ2n) is 5.11. The number of nitrogens with one attached hydrogen (secondary N) is 2. The van der Waals surface area contributed by atoms with Gasteiger partial charge < -0.3 is 10.6 Å². The molecule has 3 amide bonds. The van der Waals surface area contributed by atoms with Gasteiger partial charge in [-0.05, 0) is 30.7 Å². The molecule has 1 atom stereocenters. The van der Waals surface area contributed by atoms with E-state index >= 15 is 0 Å². The summed E-state index contributed by atoms with van der Waals surface area (Å²) in [7, 11) is 0. The molecular weight excluding hydrogens is 268 g/mol. The molecule has 0 aromatic heterocycles. The smallest absolute Gasteiger partial charge is 0.322 e. The number of benzene rings is 1. The van der Waals surface area contributed by atoms with Gasteiger partial charge in [0.2, 0.25) is 0 Å². The van der Waals surface area contributed by atoms with Crippen LogP contribution in [0.5, 0.6) is 0 Å². The van der Waals surface area contributed by atoms with E-state index in [1.165, 1.54) is 0 Å². The van der Waals surface area contributed by atoms with Gasteiger partial charge >= 0.3 is 6.03 Å². The van der Waals surface area contributed by atoms with Crippen LogP contribution in [0, 0.1) is 11.6 Å². The number of amides is 3. The van der Waals surface area contributed by atoms with Crippen molar-refractivity contribution in [1.82, 2.24) is 15.5 Å². The summed E-state index contributed by atoms with van der Waals surface area (Å²) in [5.41, 5.74) is -0.655. The molecule has 1 aromatic carbocycles. The lowest BCUT2D eigenvalue weighted by molar-refractivity contribution is -0.131. The molecule has 1 aromatic rings. The van der Waals surface area contributed by atoms with Crippen molar-refractivity contribution in [3.05, 3.63) is 35.4 Å². The number of carbonyl (C=O) groups is 2. The van der Waals surface area contributed by atoms with E-state index in [1.807, 2.05) is 0 Å². The molecule has 0 radical (unpaired) electrons. The number of nitrogens with zero attached hydrogens (tertiary/aromatic N) is 1. The van der Waals surface area contributed by atoms with Crippen molar-refractivity contribution in [3.63, 3.8) is 0 Å². The maximum Gasteiger partial charge on any atom is 0.325 e. The topological polar surface area (TPSA) is 61.4 Å². The van der Waals surface area contributed by atoms with E-state index in [0.717, 1.165) is 23.1 Å². The van der Waals surface area contributed by atoms with Gasteiger partial charge in [-0.3, -0.25) is 9.69 Å². The first-order valence-corrected chi connectivity index (χ1v) is 6.30. The first-order valence-electron chi connectivity index (χ1n) is 6.30. The van der Waals surface area contributed by atoms with Crippen molar-refractivity contribution >= 4 is 11.9 Å². The van der Waals surface area contributed by atoms with Gasteiger partial charge in [0.1, 0.15) is 17.2 Å². The number of carbonyl (C=O) groups excluding carboxylic acids is 2. The van der Waals surface area contributed by atoms with Crippen molar-refractivity contribution < 1.29 is 18.4 Å². The molecule has 1 spiro atoms. The van der Waals surface area contributed by atoms with Crippen molar-refractivity contribution in [2.75, 3.05) is 13.1 Å². The predicted molar refractivity (Wildman–Crippen MR) is 65.7 cm³/mol. The van der Waals surface area contributed by atoms with Crippen LogP contribution in [0.15, 0.2) is 18.2 Å². The lowest BCUT2D eigenvalue weighted by Crippen LogP contribution is -2.48. The lowest BCUT2D eigenvalue weighted by atomic mass is 9.99. The zero-order valence-electron chi connectivity index (χ0n) is 10.6. The molecule has 0 bridgehead atoms. The van der Waals surface area contributed by atoms with Crippen LogP contribution in [0.2, 0.25) is 0 Å². The minimum Gasteiger partial charge on any atom is -0.322 e. The van der Waals surface area contributed by atoms with Crippen molar-refractivity contribution in [2.24, 2.45) is 0 Å². The van der Waals surface area contributed by atoms with Crippen LogP contribution in [-0.2, 0) is 11.3 Å². The Bertz CT molecular complexity index is 565. The Morgan fingerprint density at radius 1 is 1.20 bits per heavy atom. The molecule has 2 aliphatic rings. The van der Waals surface area contributed by atoms with Gasteiger partial charge in [0.25, 0.3) is 5.91 Å². The summed E-state index contributed by atoms with van der Waals surface area (Å²) in [4.78, 5) is 25.2. The maximum absolute atomic E-state index is 13.1. The number of rotatable bonds is 2. The number of urea groups is 1. The summed E-state index contributed by atoms with van der Waals surface area (Å²) in [6.07, 6.45) is 0.519. The van der Waals surface area contributed by atoms with E-state index in [1.54, 1.807) is 0 Å². The lowest BCUT2D eigenvalue weighted by Gasteiger charge is -2.19. The minimum atomic E-state index is -0.900. The highest BCUT2D eigenvalue weighted by Crippen LogP contribution is 2.25. The second-order valence-corrected chi connectivity index (χ2v) is 5.11. The molecule has 2 saturated heterocycles. The fraction of sp³-hybridized carbons (Fsp3) is 0.385. The highest BCUT2D eigenvalue weighted by atomic mass is 19.1. The zero-order valence-corrected chi connectivity index (χ0v) is 10.6. The summed E-state index contributed by atoms with van der Waals surface area (Å²) in [5, 5.41) is 5.69. The molecule has 2 heterocycles. The third-order valence-corrected chi connectivity index (χ3v) is 3.66. The van der Waals surface area contributed by atoms with Gasteiger partial charge in [-0.1, -0.05) is 0 Å². The Kier molecular flexibility index (Phi) is 2.93. The summed E-state index contributed by atoms with van der Waals surface area (Å²) in [5.74, 6) is -1.81. The Balaban J connectivity index is 1.84. The van der Waals surface area contributed by atoms with Gasteiger partial charge in [-0.25, -0.2) is 13.6 Å². The van der Waals surface area contributed by atoms with E-state index in [2.05, 4.69) is 10.6 Å². The third-order valence-electron chi connectivity index (χ3n) is 3.66. The van der Waals surface area contributed by atoms with Gasteiger partial charge in [0.05, 0.1) is 6.54 Å². The summed E-state index contributed by atoms with van der Waals surface area (Å²) in [6.45, 7) is 0.890. The van der Waals surface area contributed by atoms with E-state index in [9.17, 15) is 18.4 Å². The Hall–Kier alpha value is -2.02. The van der Waals surface area contributed by atoms with Crippen LogP contribution in [0.1, 0.15) is 12.0 Å². The van der Waals surface area contributed by atoms with Crippen LogP contribution >= 0.6 is 0 Å². The van der Waals surface area contributed by atoms with Gasteiger partial charge in [0, 0.05) is 12.6 Å². The molecular formula is C13H13F2N3O2. The Morgan fingerprint density at radius 3 is 2.50 bits per heavy atom. The van der Waals surface area contributed by atoms with Crippen LogP contribution in [-0.4, -0.2) is 35.5 Å². The first-order chi connectivity index (χ1) is 9.50. The van der Waals surface area contributed by atoms with Crippen LogP contribution in [0.25, 0.3) is 0 Å². The quantitative estimate of drug-likeness (QED) is 0.786.